The molecule has 7 heteroatoms. The number of hydrogen-bond acceptors (Lipinski definition) is 4. The number of carboxylic acid groups (broad SMARTS) is 1. The van der Waals surface area contributed by atoms with Crippen molar-refractivity contribution >= 4 is 28.5 Å². The lowest BCUT2D eigenvalue weighted by molar-refractivity contribution is -0.142. The summed E-state index contributed by atoms with van der Waals surface area (Å²) in [6.45, 7) is 4.15. The fourth-order valence-electron chi connectivity index (χ4n) is 2.13. The summed E-state index contributed by atoms with van der Waals surface area (Å²) in [5.74, 6) is -0.975. The Bertz CT molecular complexity index is 474. The third-order valence-electron chi connectivity index (χ3n) is 3.05. The van der Waals surface area contributed by atoms with E-state index in [0.717, 1.165) is 5.69 Å². The van der Waals surface area contributed by atoms with Gasteiger partial charge in [0.2, 0.25) is 0 Å². The zero-order chi connectivity index (χ0) is 13.3. The molecule has 0 bridgehead atoms. The van der Waals surface area contributed by atoms with E-state index in [9.17, 15) is 9.59 Å². The van der Waals surface area contributed by atoms with Crippen molar-refractivity contribution in [1.29, 1.82) is 0 Å². The van der Waals surface area contributed by atoms with Gasteiger partial charge in [0.15, 0.2) is 5.13 Å². The maximum absolute atomic E-state index is 12.0. The summed E-state index contributed by atoms with van der Waals surface area (Å²) in [5.41, 5.74) is 0.833. The summed E-state index contributed by atoms with van der Waals surface area (Å²) < 4.78 is 0. The summed E-state index contributed by atoms with van der Waals surface area (Å²) in [7, 11) is 0. The molecule has 2 unspecified atom stereocenters. The van der Waals surface area contributed by atoms with Gasteiger partial charge in [-0.05, 0) is 19.3 Å². The number of rotatable bonds is 2. The van der Waals surface area contributed by atoms with Crippen LogP contribution in [0.15, 0.2) is 5.38 Å². The summed E-state index contributed by atoms with van der Waals surface area (Å²) in [6.07, 6.45) is 0.710. The lowest BCUT2D eigenvalue weighted by Gasteiger charge is -2.22. The van der Waals surface area contributed by atoms with Gasteiger partial charge in [0.25, 0.3) is 0 Å². The van der Waals surface area contributed by atoms with E-state index in [2.05, 4.69) is 10.3 Å². The Morgan fingerprint density at radius 2 is 2.33 bits per heavy atom. The Kier molecular flexibility index (Phi) is 3.51. The first-order chi connectivity index (χ1) is 8.49. The molecule has 6 nitrogen and oxygen atoms in total. The number of aromatic nitrogens is 1. The molecule has 0 radical (unpaired) electrons. The van der Waals surface area contributed by atoms with Crippen molar-refractivity contribution in [2.75, 3.05) is 11.9 Å². The minimum absolute atomic E-state index is 0.0220. The number of carboxylic acids is 1. The predicted octanol–water partition coefficient (Wildman–Crippen LogP) is 1.78. The summed E-state index contributed by atoms with van der Waals surface area (Å²) in [5, 5.41) is 14.1. The molecule has 2 rings (SSSR count). The molecule has 1 aromatic rings. The number of amides is 2. The zero-order valence-corrected chi connectivity index (χ0v) is 11.0. The molecule has 1 fully saturated rings. The highest BCUT2D eigenvalue weighted by Crippen LogP contribution is 2.25. The second-order valence-corrected chi connectivity index (χ2v) is 5.32. The Hall–Kier alpha value is -1.63. The molecule has 2 atom stereocenters. The van der Waals surface area contributed by atoms with Gasteiger partial charge in [0.1, 0.15) is 6.04 Å². The van der Waals surface area contributed by atoms with E-state index in [4.69, 9.17) is 5.11 Å². The molecular weight excluding hydrogens is 254 g/mol. The first-order valence-corrected chi connectivity index (χ1v) is 6.59. The van der Waals surface area contributed by atoms with Crippen LogP contribution in [0.4, 0.5) is 9.93 Å². The van der Waals surface area contributed by atoms with Crippen LogP contribution in [-0.4, -0.2) is 39.6 Å². The highest BCUT2D eigenvalue weighted by atomic mass is 32.1. The van der Waals surface area contributed by atoms with Gasteiger partial charge in [-0.15, -0.1) is 11.3 Å². The normalized spacial score (nSPS) is 23.1. The van der Waals surface area contributed by atoms with E-state index in [1.165, 1.54) is 16.2 Å². The van der Waals surface area contributed by atoms with Crippen LogP contribution in [0.25, 0.3) is 0 Å². The lowest BCUT2D eigenvalue weighted by Crippen LogP contribution is -2.44. The van der Waals surface area contributed by atoms with Gasteiger partial charge >= 0.3 is 12.0 Å². The SMILES string of the molecule is Cc1csc(NC(=O)N2CCC(C)C2C(=O)O)n1. The van der Waals surface area contributed by atoms with E-state index in [0.29, 0.717) is 18.1 Å². The Balaban J connectivity index is 2.07. The average Bonchev–Trinajstić information content (AvgIpc) is 2.84. The van der Waals surface area contributed by atoms with Crippen LogP contribution in [0.3, 0.4) is 0 Å². The molecule has 1 aliphatic heterocycles. The van der Waals surface area contributed by atoms with E-state index < -0.39 is 12.0 Å². The number of nitrogens with one attached hydrogen (secondary N) is 1. The molecule has 1 saturated heterocycles. The number of carbonyl (C=O) groups is 2. The van der Waals surface area contributed by atoms with Crippen molar-refractivity contribution in [3.8, 4) is 0 Å². The predicted molar refractivity (Wildman–Crippen MR) is 67.8 cm³/mol. The molecule has 2 N–H and O–H groups in total. The van der Waals surface area contributed by atoms with Crippen molar-refractivity contribution in [2.45, 2.75) is 26.3 Å². The van der Waals surface area contributed by atoms with Crippen LogP contribution in [-0.2, 0) is 4.79 Å². The van der Waals surface area contributed by atoms with Crippen LogP contribution >= 0.6 is 11.3 Å². The fraction of sp³-hybridized carbons (Fsp3) is 0.545. The summed E-state index contributed by atoms with van der Waals surface area (Å²) >= 11 is 1.33. The maximum Gasteiger partial charge on any atom is 0.326 e. The monoisotopic (exact) mass is 269 g/mol. The van der Waals surface area contributed by atoms with Crippen LogP contribution in [0.1, 0.15) is 19.0 Å². The fourth-order valence-corrected chi connectivity index (χ4v) is 2.80. The first kappa shape index (κ1) is 12.8. The molecule has 1 aromatic heterocycles. The quantitative estimate of drug-likeness (QED) is 0.857. The number of urea groups is 1. The third-order valence-corrected chi connectivity index (χ3v) is 3.92. The van der Waals surface area contributed by atoms with E-state index in [-0.39, 0.29) is 11.9 Å². The van der Waals surface area contributed by atoms with Gasteiger partial charge in [-0.25, -0.2) is 14.6 Å². The minimum atomic E-state index is -0.953. The number of carbonyl (C=O) groups excluding carboxylic acids is 1. The number of aryl methyl sites for hydroxylation is 1. The first-order valence-electron chi connectivity index (χ1n) is 5.71. The minimum Gasteiger partial charge on any atom is -0.480 e. The van der Waals surface area contributed by atoms with Gasteiger partial charge in [0, 0.05) is 11.9 Å². The van der Waals surface area contributed by atoms with Gasteiger partial charge in [-0.3, -0.25) is 5.32 Å². The van der Waals surface area contributed by atoms with E-state index in [1.807, 2.05) is 19.2 Å². The van der Waals surface area contributed by atoms with Gasteiger partial charge in [0.05, 0.1) is 5.69 Å². The lowest BCUT2D eigenvalue weighted by atomic mass is 10.0. The number of thiazole rings is 1. The Morgan fingerprint density at radius 3 is 2.89 bits per heavy atom. The number of aliphatic carboxylic acids is 1. The maximum atomic E-state index is 12.0. The van der Waals surface area contributed by atoms with Crippen LogP contribution in [0, 0.1) is 12.8 Å². The van der Waals surface area contributed by atoms with Crippen LogP contribution in [0.5, 0.6) is 0 Å². The number of likely N-dealkylation sites (tertiary alicyclic amines) is 1. The third kappa shape index (κ3) is 2.45. The van der Waals surface area contributed by atoms with Crippen molar-refractivity contribution in [3.05, 3.63) is 11.1 Å². The smallest absolute Gasteiger partial charge is 0.326 e. The van der Waals surface area contributed by atoms with E-state index >= 15 is 0 Å². The van der Waals surface area contributed by atoms with Crippen molar-refractivity contribution < 1.29 is 14.7 Å². The van der Waals surface area contributed by atoms with Crippen molar-refractivity contribution in [3.63, 3.8) is 0 Å². The topological polar surface area (TPSA) is 82.5 Å². The van der Waals surface area contributed by atoms with Crippen molar-refractivity contribution in [1.82, 2.24) is 9.88 Å². The second-order valence-electron chi connectivity index (χ2n) is 4.47. The van der Waals surface area contributed by atoms with Crippen LogP contribution < -0.4 is 5.32 Å². The molecule has 1 aliphatic rings. The molecule has 0 aromatic carbocycles. The zero-order valence-electron chi connectivity index (χ0n) is 10.2. The summed E-state index contributed by atoms with van der Waals surface area (Å²) in [4.78, 5) is 28.6. The molecule has 2 heterocycles. The molecule has 0 saturated carbocycles. The molecule has 0 aliphatic carbocycles. The molecule has 18 heavy (non-hydrogen) atoms. The average molecular weight is 269 g/mol. The number of anilines is 1. The van der Waals surface area contributed by atoms with Crippen molar-refractivity contribution in [2.24, 2.45) is 5.92 Å². The standard InChI is InChI=1S/C11H15N3O3S/c1-6-3-4-14(8(6)9(15)16)11(17)13-10-12-7(2)5-18-10/h5-6,8H,3-4H2,1-2H3,(H,15,16)(H,12,13,17). The largest absolute Gasteiger partial charge is 0.480 e. The molecule has 98 valence electrons. The van der Waals surface area contributed by atoms with Gasteiger partial charge in [-0.1, -0.05) is 6.92 Å². The number of hydrogen-bond donors (Lipinski definition) is 2. The highest BCUT2D eigenvalue weighted by Gasteiger charge is 2.39. The van der Waals surface area contributed by atoms with Crippen LogP contribution in [0.2, 0.25) is 0 Å². The molecule has 2 amide bonds. The number of nitrogens with zero attached hydrogens (tertiary/aromatic N) is 2. The molecule has 0 spiro atoms. The Morgan fingerprint density at radius 1 is 1.61 bits per heavy atom. The van der Waals surface area contributed by atoms with Gasteiger partial charge < -0.3 is 10.0 Å². The Labute approximate surface area is 109 Å². The summed E-state index contributed by atoms with van der Waals surface area (Å²) in [6, 6.07) is -1.13. The second kappa shape index (κ2) is 4.93. The molecular formula is C11H15N3O3S. The van der Waals surface area contributed by atoms with Gasteiger partial charge in [-0.2, -0.15) is 0 Å². The highest BCUT2D eigenvalue weighted by molar-refractivity contribution is 7.13. The van der Waals surface area contributed by atoms with E-state index in [1.54, 1.807) is 0 Å².